The molecular weight excluding hydrogens is 330 g/mol. The van der Waals surface area contributed by atoms with Crippen LogP contribution in [0, 0.1) is 0 Å². The van der Waals surface area contributed by atoms with E-state index in [0.717, 1.165) is 5.56 Å². The summed E-state index contributed by atoms with van der Waals surface area (Å²) in [6.45, 7) is 7.85. The predicted octanol–water partition coefficient (Wildman–Crippen LogP) is 4.18. The Hall–Kier alpha value is -2.82. The molecule has 0 aliphatic carbocycles. The number of hydrogen-bond donors (Lipinski definition) is 1. The normalized spacial score (nSPS) is 12.2. The van der Waals surface area contributed by atoms with E-state index < -0.39 is 18.0 Å². The average molecular weight is 355 g/mol. The van der Waals surface area contributed by atoms with Gasteiger partial charge in [0.1, 0.15) is 5.75 Å². The number of rotatable bonds is 5. The average Bonchev–Trinajstić information content (AvgIpc) is 2.61. The minimum absolute atomic E-state index is 0.00630. The Labute approximate surface area is 154 Å². The van der Waals surface area contributed by atoms with Crippen LogP contribution >= 0.6 is 0 Å². The van der Waals surface area contributed by atoms with Crippen LogP contribution in [0.25, 0.3) is 0 Å². The fourth-order valence-electron chi connectivity index (χ4n) is 2.33. The van der Waals surface area contributed by atoms with E-state index in [1.807, 2.05) is 12.1 Å². The fourth-order valence-corrected chi connectivity index (χ4v) is 2.33. The predicted molar refractivity (Wildman–Crippen MR) is 102 cm³/mol. The van der Waals surface area contributed by atoms with Crippen LogP contribution < -0.4 is 10.1 Å². The van der Waals surface area contributed by atoms with Crippen LogP contribution in [0.5, 0.6) is 5.75 Å². The van der Waals surface area contributed by atoms with Crippen LogP contribution in [0.15, 0.2) is 48.5 Å². The molecule has 0 spiro atoms. The molecule has 5 nitrogen and oxygen atoms in total. The summed E-state index contributed by atoms with van der Waals surface area (Å²) in [5.41, 5.74) is 2.12. The van der Waals surface area contributed by atoms with Crippen molar-refractivity contribution >= 4 is 17.6 Å². The zero-order valence-electron chi connectivity index (χ0n) is 15.8. The minimum Gasteiger partial charge on any atom is -0.497 e. The lowest BCUT2D eigenvalue weighted by molar-refractivity contribution is -0.123. The third-order valence-corrected chi connectivity index (χ3v) is 3.98. The monoisotopic (exact) mass is 355 g/mol. The number of methoxy groups -OCH3 is 1. The van der Waals surface area contributed by atoms with Gasteiger partial charge in [0.05, 0.1) is 12.7 Å². The van der Waals surface area contributed by atoms with Crippen molar-refractivity contribution in [1.29, 1.82) is 0 Å². The van der Waals surface area contributed by atoms with Crippen LogP contribution in [0.4, 0.5) is 5.69 Å². The van der Waals surface area contributed by atoms with E-state index >= 15 is 0 Å². The van der Waals surface area contributed by atoms with Gasteiger partial charge in [-0.25, -0.2) is 4.79 Å². The highest BCUT2D eigenvalue weighted by molar-refractivity contribution is 5.97. The number of amides is 1. The number of hydrogen-bond acceptors (Lipinski definition) is 4. The summed E-state index contributed by atoms with van der Waals surface area (Å²) in [5.74, 6) is -0.303. The first-order valence-electron chi connectivity index (χ1n) is 8.47. The number of nitrogens with one attached hydrogen (secondary N) is 1. The summed E-state index contributed by atoms with van der Waals surface area (Å²) in [5, 5.41) is 2.71. The highest BCUT2D eigenvalue weighted by Crippen LogP contribution is 2.22. The largest absolute Gasteiger partial charge is 0.497 e. The molecule has 0 unspecified atom stereocenters. The van der Waals surface area contributed by atoms with Gasteiger partial charge in [-0.3, -0.25) is 4.79 Å². The lowest BCUT2D eigenvalue weighted by atomic mass is 9.87. The number of benzene rings is 2. The molecule has 5 heteroatoms. The van der Waals surface area contributed by atoms with Crippen molar-refractivity contribution in [1.82, 2.24) is 0 Å². The number of carbonyl (C=O) groups excluding carboxylic acids is 2. The highest BCUT2D eigenvalue weighted by atomic mass is 16.5. The van der Waals surface area contributed by atoms with Crippen molar-refractivity contribution in [3.63, 3.8) is 0 Å². The van der Waals surface area contributed by atoms with Crippen molar-refractivity contribution in [2.75, 3.05) is 12.4 Å². The molecule has 2 rings (SSSR count). The summed E-state index contributed by atoms with van der Waals surface area (Å²) >= 11 is 0. The molecule has 138 valence electrons. The molecule has 0 saturated carbocycles. The Kier molecular flexibility index (Phi) is 6.03. The lowest BCUT2D eigenvalue weighted by Crippen LogP contribution is -2.30. The molecule has 0 aliphatic rings. The van der Waals surface area contributed by atoms with Crippen LogP contribution in [0.3, 0.4) is 0 Å². The first-order valence-corrected chi connectivity index (χ1v) is 8.47. The Morgan fingerprint density at radius 2 is 1.69 bits per heavy atom. The van der Waals surface area contributed by atoms with Crippen LogP contribution in [0.2, 0.25) is 0 Å². The number of carbonyl (C=O) groups is 2. The third kappa shape index (κ3) is 5.09. The van der Waals surface area contributed by atoms with Gasteiger partial charge >= 0.3 is 5.97 Å². The molecule has 1 amide bonds. The van der Waals surface area contributed by atoms with Gasteiger partial charge in [-0.2, -0.15) is 0 Å². The molecule has 2 aromatic carbocycles. The molecule has 0 aromatic heterocycles. The van der Waals surface area contributed by atoms with Gasteiger partial charge < -0.3 is 14.8 Å². The molecule has 26 heavy (non-hydrogen) atoms. The van der Waals surface area contributed by atoms with Gasteiger partial charge in [-0.15, -0.1) is 0 Å². The quantitative estimate of drug-likeness (QED) is 0.817. The third-order valence-electron chi connectivity index (χ3n) is 3.98. The zero-order chi connectivity index (χ0) is 19.3. The number of anilines is 1. The standard InChI is InChI=1S/C21H25NO4/c1-14(19(23)22-17-7-6-8-18(13-17)25-5)26-20(24)15-9-11-16(12-10-15)21(2,3)4/h6-14H,1-5H3,(H,22,23)/t14-/m1/s1. The van der Waals surface area contributed by atoms with Crippen molar-refractivity contribution in [3.05, 3.63) is 59.7 Å². The molecule has 1 atom stereocenters. The summed E-state index contributed by atoms with van der Waals surface area (Å²) in [7, 11) is 1.55. The van der Waals surface area contributed by atoms with E-state index in [4.69, 9.17) is 9.47 Å². The van der Waals surface area contributed by atoms with Gasteiger partial charge in [0.2, 0.25) is 0 Å². The van der Waals surface area contributed by atoms with Crippen molar-refractivity contribution in [2.24, 2.45) is 0 Å². The smallest absolute Gasteiger partial charge is 0.338 e. The minimum atomic E-state index is -0.920. The second kappa shape index (κ2) is 8.04. The summed E-state index contributed by atoms with van der Waals surface area (Å²) < 4.78 is 10.4. The summed E-state index contributed by atoms with van der Waals surface area (Å²) in [6.07, 6.45) is -0.920. The van der Waals surface area contributed by atoms with E-state index in [-0.39, 0.29) is 5.41 Å². The maximum Gasteiger partial charge on any atom is 0.338 e. The summed E-state index contributed by atoms with van der Waals surface area (Å²) in [4.78, 5) is 24.5. The number of esters is 1. The topological polar surface area (TPSA) is 64.6 Å². The maximum atomic E-state index is 12.3. The SMILES string of the molecule is COc1cccc(NC(=O)[C@@H](C)OC(=O)c2ccc(C(C)(C)C)cc2)c1. The Morgan fingerprint density at radius 3 is 2.27 bits per heavy atom. The fraction of sp³-hybridized carbons (Fsp3) is 0.333. The summed E-state index contributed by atoms with van der Waals surface area (Å²) in [6, 6.07) is 14.2. The first kappa shape index (κ1) is 19.5. The highest BCUT2D eigenvalue weighted by Gasteiger charge is 2.20. The van der Waals surface area contributed by atoms with Gasteiger partial charge in [0, 0.05) is 11.8 Å². The van der Waals surface area contributed by atoms with Gasteiger partial charge in [0.15, 0.2) is 6.10 Å². The van der Waals surface area contributed by atoms with Crippen LogP contribution in [-0.2, 0) is 14.9 Å². The second-order valence-corrected chi connectivity index (χ2v) is 7.10. The Morgan fingerprint density at radius 1 is 1.04 bits per heavy atom. The molecule has 0 heterocycles. The van der Waals surface area contributed by atoms with E-state index in [9.17, 15) is 9.59 Å². The molecular formula is C21H25NO4. The second-order valence-electron chi connectivity index (χ2n) is 7.10. The Bertz CT molecular complexity index is 775. The number of ether oxygens (including phenoxy) is 2. The zero-order valence-corrected chi connectivity index (χ0v) is 15.8. The lowest BCUT2D eigenvalue weighted by Gasteiger charge is -2.19. The molecule has 1 N–H and O–H groups in total. The Balaban J connectivity index is 1.98. The van der Waals surface area contributed by atoms with Crippen molar-refractivity contribution < 1.29 is 19.1 Å². The van der Waals surface area contributed by atoms with Gasteiger partial charge in [-0.05, 0) is 42.2 Å². The van der Waals surface area contributed by atoms with Crippen LogP contribution in [-0.4, -0.2) is 25.1 Å². The maximum absolute atomic E-state index is 12.3. The van der Waals surface area contributed by atoms with E-state index in [1.165, 1.54) is 6.92 Å². The van der Waals surface area contributed by atoms with E-state index in [0.29, 0.717) is 17.0 Å². The molecule has 2 aromatic rings. The van der Waals surface area contributed by atoms with E-state index in [2.05, 4.69) is 26.1 Å². The van der Waals surface area contributed by atoms with Crippen molar-refractivity contribution in [2.45, 2.75) is 39.2 Å². The molecule has 0 bridgehead atoms. The van der Waals surface area contributed by atoms with E-state index in [1.54, 1.807) is 43.5 Å². The first-order chi connectivity index (χ1) is 12.2. The molecule has 0 saturated heterocycles. The van der Waals surface area contributed by atoms with Crippen LogP contribution in [0.1, 0.15) is 43.6 Å². The molecule has 0 radical (unpaired) electrons. The molecule has 0 aliphatic heterocycles. The van der Waals surface area contributed by atoms with Gasteiger partial charge in [0.25, 0.3) is 5.91 Å². The van der Waals surface area contributed by atoms with Crippen molar-refractivity contribution in [3.8, 4) is 5.75 Å². The van der Waals surface area contributed by atoms with Gasteiger partial charge in [-0.1, -0.05) is 39.0 Å². The molecule has 0 fully saturated rings.